The molecular formula is C10H14N2. The van der Waals surface area contributed by atoms with E-state index in [1.807, 2.05) is 50.6 Å². The highest BCUT2D eigenvalue weighted by atomic mass is 15.0. The van der Waals surface area contributed by atoms with Crippen molar-refractivity contribution in [3.8, 4) is 0 Å². The predicted molar refractivity (Wildman–Crippen MR) is 52.1 cm³/mol. The molecule has 0 aliphatic carbocycles. The van der Waals surface area contributed by atoms with Gasteiger partial charge in [0.2, 0.25) is 0 Å². The van der Waals surface area contributed by atoms with E-state index in [1.54, 1.807) is 0 Å². The fourth-order valence-electron chi connectivity index (χ4n) is 0.988. The summed E-state index contributed by atoms with van der Waals surface area (Å²) in [4.78, 5) is 0. The fourth-order valence-corrected chi connectivity index (χ4v) is 0.988. The topological polar surface area (TPSA) is 24.1 Å². The van der Waals surface area contributed by atoms with Crippen molar-refractivity contribution >= 4 is 0 Å². The Bertz CT molecular complexity index is 257. The van der Waals surface area contributed by atoms with E-state index in [-0.39, 0.29) is 0 Å². The highest BCUT2D eigenvalue weighted by molar-refractivity contribution is 5.35. The molecule has 0 radical (unpaired) electrons. The largest absolute Gasteiger partial charge is 0.359 e. The summed E-state index contributed by atoms with van der Waals surface area (Å²) in [6, 6.07) is 0. The van der Waals surface area contributed by atoms with Gasteiger partial charge in [-0.3, -0.25) is 0 Å². The summed E-state index contributed by atoms with van der Waals surface area (Å²) in [5, 5.41) is 6.30. The van der Waals surface area contributed by atoms with Crippen molar-refractivity contribution in [1.82, 2.24) is 10.6 Å². The van der Waals surface area contributed by atoms with Crippen LogP contribution in [0.25, 0.3) is 0 Å². The van der Waals surface area contributed by atoms with E-state index in [0.717, 1.165) is 11.4 Å². The Morgan fingerprint density at radius 1 is 1.08 bits per heavy atom. The molecule has 0 spiro atoms. The molecule has 0 amide bonds. The van der Waals surface area contributed by atoms with Crippen LogP contribution in [0, 0.1) is 0 Å². The lowest BCUT2D eigenvalue weighted by Gasteiger charge is -2.15. The third kappa shape index (κ3) is 2.02. The van der Waals surface area contributed by atoms with Gasteiger partial charge in [0.1, 0.15) is 0 Å². The molecule has 0 bridgehead atoms. The Labute approximate surface area is 73.4 Å². The van der Waals surface area contributed by atoms with Crippen LogP contribution in [0.15, 0.2) is 48.1 Å². The number of allylic oxidation sites excluding steroid dienone is 4. The van der Waals surface area contributed by atoms with Crippen LogP contribution >= 0.6 is 0 Å². The lowest BCUT2D eigenvalue weighted by atomic mass is 10.2. The van der Waals surface area contributed by atoms with Crippen LogP contribution in [0.4, 0.5) is 0 Å². The van der Waals surface area contributed by atoms with Gasteiger partial charge in [-0.05, 0) is 19.9 Å². The average Bonchev–Trinajstić information content (AvgIpc) is 2.15. The van der Waals surface area contributed by atoms with E-state index < -0.39 is 0 Å². The van der Waals surface area contributed by atoms with Crippen molar-refractivity contribution < 1.29 is 0 Å². The number of nitrogens with one attached hydrogen (secondary N) is 2. The fraction of sp³-hybridized carbons (Fsp3) is 0.200. The Morgan fingerprint density at radius 3 is 2.33 bits per heavy atom. The molecule has 0 saturated carbocycles. The second kappa shape index (κ2) is 4.44. The molecule has 2 N–H and O–H groups in total. The molecule has 0 unspecified atom stereocenters. The highest BCUT2D eigenvalue weighted by Crippen LogP contribution is 2.06. The molecule has 2 heteroatoms. The summed E-state index contributed by atoms with van der Waals surface area (Å²) >= 11 is 0. The van der Waals surface area contributed by atoms with Crippen LogP contribution < -0.4 is 10.6 Å². The van der Waals surface area contributed by atoms with E-state index in [9.17, 15) is 0 Å². The first-order chi connectivity index (χ1) is 5.88. The third-order valence-electron chi connectivity index (χ3n) is 1.60. The van der Waals surface area contributed by atoms with Gasteiger partial charge in [-0.15, -0.1) is 0 Å². The van der Waals surface area contributed by atoms with E-state index in [4.69, 9.17) is 0 Å². The predicted octanol–water partition coefficient (Wildman–Crippen LogP) is 2.01. The van der Waals surface area contributed by atoms with Crippen LogP contribution in [0.5, 0.6) is 0 Å². The van der Waals surface area contributed by atoms with Gasteiger partial charge in [0, 0.05) is 12.4 Å². The first-order valence-corrected chi connectivity index (χ1v) is 4.06. The van der Waals surface area contributed by atoms with Crippen LogP contribution in [-0.2, 0) is 0 Å². The molecule has 0 aromatic carbocycles. The maximum atomic E-state index is 3.15. The zero-order valence-electron chi connectivity index (χ0n) is 7.46. The van der Waals surface area contributed by atoms with Crippen molar-refractivity contribution in [2.75, 3.05) is 0 Å². The average molecular weight is 162 g/mol. The molecule has 2 nitrogen and oxygen atoms in total. The molecule has 0 aromatic heterocycles. The van der Waals surface area contributed by atoms with Crippen molar-refractivity contribution in [1.29, 1.82) is 0 Å². The van der Waals surface area contributed by atoms with Gasteiger partial charge in [-0.1, -0.05) is 18.2 Å². The summed E-state index contributed by atoms with van der Waals surface area (Å²) in [7, 11) is 0. The molecule has 1 aliphatic heterocycles. The molecule has 1 heterocycles. The SMILES string of the molecule is C\C=C/C=C1/NC=CN/C1=C/C. The third-order valence-corrected chi connectivity index (χ3v) is 1.60. The van der Waals surface area contributed by atoms with Gasteiger partial charge >= 0.3 is 0 Å². The highest BCUT2D eigenvalue weighted by Gasteiger charge is 2.02. The minimum atomic E-state index is 1.10. The van der Waals surface area contributed by atoms with E-state index in [1.165, 1.54) is 0 Å². The summed E-state index contributed by atoms with van der Waals surface area (Å²) in [5.74, 6) is 0. The molecular weight excluding hydrogens is 148 g/mol. The minimum absolute atomic E-state index is 1.10. The van der Waals surface area contributed by atoms with E-state index in [0.29, 0.717) is 0 Å². The normalized spacial score (nSPS) is 23.2. The van der Waals surface area contributed by atoms with Gasteiger partial charge in [-0.2, -0.15) is 0 Å². The van der Waals surface area contributed by atoms with E-state index in [2.05, 4.69) is 10.6 Å². The molecule has 1 rings (SSSR count). The zero-order chi connectivity index (χ0) is 8.81. The van der Waals surface area contributed by atoms with Gasteiger partial charge in [0.25, 0.3) is 0 Å². The lowest BCUT2D eigenvalue weighted by molar-refractivity contribution is 0.912. The van der Waals surface area contributed by atoms with Crippen molar-refractivity contribution in [3.05, 3.63) is 48.1 Å². The maximum Gasteiger partial charge on any atom is 0.0615 e. The van der Waals surface area contributed by atoms with Gasteiger partial charge in [-0.25, -0.2) is 0 Å². The molecule has 1 aliphatic rings. The summed E-state index contributed by atoms with van der Waals surface area (Å²) in [6.45, 7) is 4.01. The summed E-state index contributed by atoms with van der Waals surface area (Å²) in [6.07, 6.45) is 11.8. The first-order valence-electron chi connectivity index (χ1n) is 4.06. The van der Waals surface area contributed by atoms with Crippen molar-refractivity contribution in [2.24, 2.45) is 0 Å². The molecule has 64 valence electrons. The summed E-state index contributed by atoms with van der Waals surface area (Å²) in [5.41, 5.74) is 2.20. The van der Waals surface area contributed by atoms with Crippen LogP contribution in [0.3, 0.4) is 0 Å². The number of hydrogen-bond acceptors (Lipinski definition) is 2. The Balaban J connectivity index is 2.81. The van der Waals surface area contributed by atoms with Gasteiger partial charge in [0.05, 0.1) is 11.4 Å². The Hall–Kier alpha value is -1.44. The van der Waals surface area contributed by atoms with Crippen LogP contribution in [-0.4, -0.2) is 0 Å². The summed E-state index contributed by atoms with van der Waals surface area (Å²) < 4.78 is 0. The smallest absolute Gasteiger partial charge is 0.0615 e. The van der Waals surface area contributed by atoms with Gasteiger partial charge < -0.3 is 10.6 Å². The maximum absolute atomic E-state index is 3.15. The molecule has 0 saturated heterocycles. The lowest BCUT2D eigenvalue weighted by Crippen LogP contribution is -2.21. The second-order valence-electron chi connectivity index (χ2n) is 2.43. The van der Waals surface area contributed by atoms with Crippen LogP contribution in [0.2, 0.25) is 0 Å². The number of hydrogen-bond donors (Lipinski definition) is 2. The first kappa shape index (κ1) is 8.65. The van der Waals surface area contributed by atoms with Crippen LogP contribution in [0.1, 0.15) is 13.8 Å². The second-order valence-corrected chi connectivity index (χ2v) is 2.43. The van der Waals surface area contributed by atoms with E-state index >= 15 is 0 Å². The number of rotatable bonds is 1. The molecule has 0 fully saturated rings. The molecule has 12 heavy (non-hydrogen) atoms. The Kier molecular flexibility index (Phi) is 3.20. The standard InChI is InChI=1S/C10H14N2/c1-3-5-6-10-9(4-2)11-7-8-12-10/h3-8,11-12H,1-2H3/b5-3-,9-4+,10-6+. The van der Waals surface area contributed by atoms with Crippen molar-refractivity contribution in [2.45, 2.75) is 13.8 Å². The quantitative estimate of drug-likeness (QED) is 0.616. The zero-order valence-corrected chi connectivity index (χ0v) is 7.46. The monoisotopic (exact) mass is 162 g/mol. The molecule has 0 aromatic rings. The Morgan fingerprint density at radius 2 is 1.75 bits per heavy atom. The van der Waals surface area contributed by atoms with Gasteiger partial charge in [0.15, 0.2) is 0 Å². The van der Waals surface area contributed by atoms with Crippen molar-refractivity contribution in [3.63, 3.8) is 0 Å². The minimum Gasteiger partial charge on any atom is -0.359 e. The molecule has 0 atom stereocenters.